The Morgan fingerprint density at radius 3 is 2.50 bits per heavy atom. The van der Waals surface area contributed by atoms with E-state index >= 15 is 0 Å². The van der Waals surface area contributed by atoms with Gasteiger partial charge in [0.25, 0.3) is 0 Å². The predicted molar refractivity (Wildman–Crippen MR) is 75.3 cm³/mol. The predicted octanol–water partition coefficient (Wildman–Crippen LogP) is 2.26. The van der Waals surface area contributed by atoms with Crippen molar-refractivity contribution < 1.29 is 0 Å². The lowest BCUT2D eigenvalue weighted by atomic mass is 9.73. The number of hydrogen-bond acceptors (Lipinski definition) is 4. The van der Waals surface area contributed by atoms with Gasteiger partial charge in [0.1, 0.15) is 11.6 Å². The fourth-order valence-electron chi connectivity index (χ4n) is 3.17. The molecule has 4 nitrogen and oxygen atoms in total. The molecule has 0 amide bonds. The first kappa shape index (κ1) is 11.6. The summed E-state index contributed by atoms with van der Waals surface area (Å²) in [5, 5.41) is 0. The van der Waals surface area contributed by atoms with Crippen molar-refractivity contribution in [1.29, 1.82) is 0 Å². The van der Waals surface area contributed by atoms with Crippen LogP contribution in [-0.2, 0) is 0 Å². The molecule has 18 heavy (non-hydrogen) atoms. The van der Waals surface area contributed by atoms with Gasteiger partial charge in [-0.05, 0) is 36.8 Å². The van der Waals surface area contributed by atoms with Gasteiger partial charge in [0.15, 0.2) is 0 Å². The van der Waals surface area contributed by atoms with Gasteiger partial charge < -0.3 is 16.4 Å². The second kappa shape index (κ2) is 4.67. The van der Waals surface area contributed by atoms with E-state index in [4.69, 9.17) is 11.5 Å². The number of piperidine rings is 1. The molecule has 1 saturated heterocycles. The second-order valence-electron chi connectivity index (χ2n) is 5.68. The number of pyridine rings is 1. The van der Waals surface area contributed by atoms with E-state index in [0.29, 0.717) is 11.5 Å². The molecule has 1 saturated carbocycles. The summed E-state index contributed by atoms with van der Waals surface area (Å²) in [4.78, 5) is 6.79. The molecule has 1 aliphatic carbocycles. The molecule has 3 rings (SSSR count). The van der Waals surface area contributed by atoms with Gasteiger partial charge >= 0.3 is 0 Å². The van der Waals surface area contributed by atoms with Gasteiger partial charge in [-0.15, -0.1) is 0 Å². The van der Waals surface area contributed by atoms with Crippen LogP contribution in [0.3, 0.4) is 0 Å². The van der Waals surface area contributed by atoms with E-state index in [0.717, 1.165) is 30.7 Å². The van der Waals surface area contributed by atoms with Crippen LogP contribution >= 0.6 is 0 Å². The van der Waals surface area contributed by atoms with Gasteiger partial charge in [-0.3, -0.25) is 0 Å². The summed E-state index contributed by atoms with van der Waals surface area (Å²) < 4.78 is 0. The first-order valence-electron chi connectivity index (χ1n) is 7.01. The van der Waals surface area contributed by atoms with Gasteiger partial charge in [-0.25, -0.2) is 4.98 Å². The maximum Gasteiger partial charge on any atom is 0.149 e. The normalized spacial score (nSPS) is 24.9. The Labute approximate surface area is 108 Å². The molecule has 0 aromatic carbocycles. The van der Waals surface area contributed by atoms with E-state index in [1.165, 1.54) is 32.1 Å². The third-order valence-corrected chi connectivity index (χ3v) is 4.54. The first-order chi connectivity index (χ1) is 8.74. The minimum absolute atomic E-state index is 0.457. The molecule has 4 N–H and O–H groups in total. The molecule has 1 atom stereocenters. The summed E-state index contributed by atoms with van der Waals surface area (Å²) in [7, 11) is 0. The van der Waals surface area contributed by atoms with Crippen molar-refractivity contribution in [3.8, 4) is 0 Å². The maximum absolute atomic E-state index is 5.80. The number of nitrogens with zero attached hydrogens (tertiary/aromatic N) is 2. The molecule has 0 radical (unpaired) electrons. The molecule has 1 aromatic heterocycles. The van der Waals surface area contributed by atoms with E-state index in [-0.39, 0.29) is 0 Å². The second-order valence-corrected chi connectivity index (χ2v) is 5.68. The number of rotatable bonds is 2. The van der Waals surface area contributed by atoms with Gasteiger partial charge in [-0.1, -0.05) is 19.3 Å². The Bertz CT molecular complexity index is 428. The fraction of sp³-hybridized carbons (Fsp3) is 0.643. The highest BCUT2D eigenvalue weighted by atomic mass is 15.2. The van der Waals surface area contributed by atoms with Crippen molar-refractivity contribution in [3.63, 3.8) is 0 Å². The topological polar surface area (TPSA) is 68.2 Å². The Morgan fingerprint density at radius 1 is 1.06 bits per heavy atom. The van der Waals surface area contributed by atoms with Crippen molar-refractivity contribution in [2.45, 2.75) is 32.1 Å². The van der Waals surface area contributed by atoms with Gasteiger partial charge in [0.05, 0.1) is 5.69 Å². The largest absolute Gasteiger partial charge is 0.396 e. The van der Waals surface area contributed by atoms with Crippen LogP contribution in [0.15, 0.2) is 12.1 Å². The standard InChI is InChI=1S/C14H22N4/c15-12-6-7-13(17-14(12)16)18-8-2-5-11(9-18)10-3-1-4-10/h6-7,10-11H,1-5,8-9,15H2,(H2,16,17). The molecule has 1 unspecified atom stereocenters. The van der Waals surface area contributed by atoms with Crippen molar-refractivity contribution in [1.82, 2.24) is 4.98 Å². The molecule has 2 fully saturated rings. The van der Waals surface area contributed by atoms with Crippen LogP contribution in [0.25, 0.3) is 0 Å². The third kappa shape index (κ3) is 2.11. The summed E-state index contributed by atoms with van der Waals surface area (Å²) >= 11 is 0. The van der Waals surface area contributed by atoms with Crippen LogP contribution < -0.4 is 16.4 Å². The van der Waals surface area contributed by atoms with E-state index < -0.39 is 0 Å². The summed E-state index contributed by atoms with van der Waals surface area (Å²) in [5.41, 5.74) is 12.1. The molecule has 2 aliphatic rings. The third-order valence-electron chi connectivity index (χ3n) is 4.54. The number of nitrogen functional groups attached to an aromatic ring is 2. The number of nitrogens with two attached hydrogens (primary N) is 2. The van der Waals surface area contributed by atoms with Crippen LogP contribution in [0.4, 0.5) is 17.3 Å². The summed E-state index contributed by atoms with van der Waals surface area (Å²) in [6.45, 7) is 2.24. The van der Waals surface area contributed by atoms with Crippen LogP contribution in [0.1, 0.15) is 32.1 Å². The molecule has 0 bridgehead atoms. The summed E-state index contributed by atoms with van der Waals surface area (Å²) in [6.07, 6.45) is 6.93. The highest BCUT2D eigenvalue weighted by molar-refractivity contribution is 5.62. The summed E-state index contributed by atoms with van der Waals surface area (Å²) in [6, 6.07) is 3.86. The molecule has 4 heteroatoms. The Kier molecular flexibility index (Phi) is 3.02. The minimum Gasteiger partial charge on any atom is -0.396 e. The van der Waals surface area contributed by atoms with Crippen LogP contribution in [0.2, 0.25) is 0 Å². The zero-order valence-corrected chi connectivity index (χ0v) is 10.8. The lowest BCUT2D eigenvalue weighted by Gasteiger charge is -2.41. The quantitative estimate of drug-likeness (QED) is 0.840. The molecule has 1 aromatic rings. The van der Waals surface area contributed by atoms with Crippen LogP contribution in [0.5, 0.6) is 0 Å². The monoisotopic (exact) mass is 246 g/mol. The molecule has 2 heterocycles. The van der Waals surface area contributed by atoms with Gasteiger partial charge in [-0.2, -0.15) is 0 Å². The van der Waals surface area contributed by atoms with Crippen LogP contribution in [-0.4, -0.2) is 18.1 Å². The average molecular weight is 246 g/mol. The average Bonchev–Trinajstić information content (AvgIpc) is 2.31. The first-order valence-corrected chi connectivity index (χ1v) is 7.01. The zero-order valence-electron chi connectivity index (χ0n) is 10.8. The smallest absolute Gasteiger partial charge is 0.149 e. The number of anilines is 3. The highest BCUT2D eigenvalue weighted by Crippen LogP contribution is 2.38. The van der Waals surface area contributed by atoms with Crippen molar-refractivity contribution in [2.75, 3.05) is 29.5 Å². The highest BCUT2D eigenvalue weighted by Gasteiger charge is 2.31. The fourth-order valence-corrected chi connectivity index (χ4v) is 3.17. The van der Waals surface area contributed by atoms with E-state index in [9.17, 15) is 0 Å². The molecular weight excluding hydrogens is 224 g/mol. The molecule has 0 spiro atoms. The van der Waals surface area contributed by atoms with Gasteiger partial charge in [0, 0.05) is 13.1 Å². The van der Waals surface area contributed by atoms with E-state index in [2.05, 4.69) is 9.88 Å². The minimum atomic E-state index is 0.457. The lowest BCUT2D eigenvalue weighted by Crippen LogP contribution is -2.40. The van der Waals surface area contributed by atoms with E-state index in [1.54, 1.807) is 0 Å². The number of aromatic nitrogens is 1. The molecule has 1 aliphatic heterocycles. The number of hydrogen-bond donors (Lipinski definition) is 2. The van der Waals surface area contributed by atoms with Crippen molar-refractivity contribution in [3.05, 3.63) is 12.1 Å². The SMILES string of the molecule is Nc1ccc(N2CCCC(C3CCC3)C2)nc1N. The van der Waals surface area contributed by atoms with Crippen LogP contribution in [0, 0.1) is 11.8 Å². The Morgan fingerprint density at radius 2 is 1.83 bits per heavy atom. The summed E-state index contributed by atoms with van der Waals surface area (Å²) in [5.74, 6) is 3.26. The lowest BCUT2D eigenvalue weighted by molar-refractivity contribution is 0.183. The Balaban J connectivity index is 1.72. The van der Waals surface area contributed by atoms with Gasteiger partial charge in [0.2, 0.25) is 0 Å². The Hall–Kier alpha value is -1.45. The molecular formula is C14H22N4. The van der Waals surface area contributed by atoms with Crippen molar-refractivity contribution in [2.24, 2.45) is 11.8 Å². The zero-order chi connectivity index (χ0) is 12.5. The maximum atomic E-state index is 5.80. The van der Waals surface area contributed by atoms with Crippen molar-refractivity contribution >= 4 is 17.3 Å². The molecule has 98 valence electrons. The van der Waals surface area contributed by atoms with E-state index in [1.807, 2.05) is 12.1 Å².